The van der Waals surface area contributed by atoms with E-state index in [-0.39, 0.29) is 6.61 Å². The van der Waals surface area contributed by atoms with Gasteiger partial charge in [0.05, 0.1) is 12.7 Å². The summed E-state index contributed by atoms with van der Waals surface area (Å²) in [5.41, 5.74) is -0.419. The van der Waals surface area contributed by atoms with Crippen LogP contribution < -0.4 is 5.32 Å². The average Bonchev–Trinajstić information content (AvgIpc) is 2.13. The van der Waals surface area contributed by atoms with Gasteiger partial charge in [0.1, 0.15) is 5.54 Å². The Bertz CT molecular complexity index is 153. The monoisotopic (exact) mass is 170 g/mol. The van der Waals surface area contributed by atoms with E-state index in [9.17, 15) is 0 Å². The molecule has 0 fully saturated rings. The van der Waals surface area contributed by atoms with E-state index in [1.54, 1.807) is 0 Å². The van der Waals surface area contributed by atoms with Gasteiger partial charge in [0.15, 0.2) is 0 Å². The van der Waals surface area contributed by atoms with E-state index < -0.39 is 5.54 Å². The Morgan fingerprint density at radius 3 is 2.50 bits per heavy atom. The van der Waals surface area contributed by atoms with Crippen LogP contribution in [0.15, 0.2) is 0 Å². The summed E-state index contributed by atoms with van der Waals surface area (Å²) in [6.07, 6.45) is 2.62. The highest BCUT2D eigenvalue weighted by Crippen LogP contribution is 2.15. The summed E-state index contributed by atoms with van der Waals surface area (Å²) >= 11 is 0. The van der Waals surface area contributed by atoms with Crippen molar-refractivity contribution in [3.63, 3.8) is 0 Å². The number of hydrogen-bond acceptors (Lipinski definition) is 3. The summed E-state index contributed by atoms with van der Waals surface area (Å²) in [5, 5.41) is 20.6. The van der Waals surface area contributed by atoms with Gasteiger partial charge in [-0.1, -0.05) is 20.3 Å². The maximum atomic E-state index is 8.94. The number of aliphatic hydroxyl groups is 1. The van der Waals surface area contributed by atoms with E-state index in [0.717, 1.165) is 19.3 Å². The van der Waals surface area contributed by atoms with Crippen LogP contribution in [0.5, 0.6) is 0 Å². The minimum Gasteiger partial charge on any atom is -0.395 e. The molecule has 0 spiro atoms. The van der Waals surface area contributed by atoms with Crippen LogP contribution in [0.25, 0.3) is 0 Å². The smallest absolute Gasteiger partial charge is 0.106 e. The fraction of sp³-hybridized carbons (Fsp3) is 0.889. The minimum absolute atomic E-state index is 0.0904. The van der Waals surface area contributed by atoms with Crippen LogP contribution in [0.1, 0.15) is 33.1 Å². The number of nitrogens with one attached hydrogen (secondary N) is 1. The zero-order chi connectivity index (χ0) is 9.45. The lowest BCUT2D eigenvalue weighted by atomic mass is 9.92. The Labute approximate surface area is 74.4 Å². The lowest BCUT2D eigenvalue weighted by molar-refractivity contribution is 0.264. The van der Waals surface area contributed by atoms with Gasteiger partial charge in [-0.05, 0) is 12.8 Å². The Morgan fingerprint density at radius 1 is 1.50 bits per heavy atom. The molecule has 0 aliphatic carbocycles. The fourth-order valence-corrected chi connectivity index (χ4v) is 1.29. The van der Waals surface area contributed by atoms with Crippen molar-refractivity contribution in [3.8, 4) is 6.07 Å². The standard InChI is InChI=1S/C9H18N2O/c1-3-5-9(4-2,8-10)11-6-7-12/h11-12H,3-7H2,1-2H3. The molecule has 0 amide bonds. The molecule has 0 aromatic heterocycles. The molecule has 0 aliphatic heterocycles. The van der Waals surface area contributed by atoms with E-state index in [0.29, 0.717) is 6.54 Å². The van der Waals surface area contributed by atoms with Gasteiger partial charge in [-0.3, -0.25) is 5.32 Å². The predicted octanol–water partition coefficient (Wildman–Crippen LogP) is 1.04. The number of nitriles is 1. The van der Waals surface area contributed by atoms with Gasteiger partial charge in [0, 0.05) is 6.54 Å². The molecule has 1 unspecified atom stereocenters. The molecule has 0 aliphatic rings. The number of nitrogens with zero attached hydrogens (tertiary/aromatic N) is 1. The molecule has 0 bridgehead atoms. The SMILES string of the molecule is CCCC(C#N)(CC)NCCO. The normalized spacial score (nSPS) is 15.2. The third-order valence-corrected chi connectivity index (χ3v) is 2.07. The lowest BCUT2D eigenvalue weighted by Gasteiger charge is -2.25. The molecule has 0 rings (SSSR count). The van der Waals surface area contributed by atoms with Crippen molar-refractivity contribution >= 4 is 0 Å². The molecule has 70 valence electrons. The highest BCUT2D eigenvalue weighted by molar-refractivity contribution is 5.05. The second-order valence-corrected chi connectivity index (χ2v) is 2.95. The molecule has 1 atom stereocenters. The van der Waals surface area contributed by atoms with Crippen molar-refractivity contribution in [1.29, 1.82) is 5.26 Å². The topological polar surface area (TPSA) is 56.0 Å². The Hall–Kier alpha value is -0.590. The van der Waals surface area contributed by atoms with Crippen LogP contribution in [-0.4, -0.2) is 23.8 Å². The van der Waals surface area contributed by atoms with Crippen LogP contribution in [-0.2, 0) is 0 Å². The molecule has 0 radical (unpaired) electrons. The summed E-state index contributed by atoms with van der Waals surface area (Å²) in [6.45, 7) is 4.64. The largest absolute Gasteiger partial charge is 0.395 e. The first-order valence-corrected chi connectivity index (χ1v) is 4.51. The second-order valence-electron chi connectivity index (χ2n) is 2.95. The van der Waals surface area contributed by atoms with Crippen LogP contribution in [0, 0.1) is 11.3 Å². The maximum Gasteiger partial charge on any atom is 0.106 e. The van der Waals surface area contributed by atoms with Crippen molar-refractivity contribution in [2.45, 2.75) is 38.6 Å². The van der Waals surface area contributed by atoms with Crippen molar-refractivity contribution < 1.29 is 5.11 Å². The lowest BCUT2D eigenvalue weighted by Crippen LogP contribution is -2.44. The first kappa shape index (κ1) is 11.4. The summed E-state index contributed by atoms with van der Waals surface area (Å²) in [7, 11) is 0. The Balaban J connectivity index is 4.07. The van der Waals surface area contributed by atoms with E-state index in [2.05, 4.69) is 18.3 Å². The fourth-order valence-electron chi connectivity index (χ4n) is 1.29. The van der Waals surface area contributed by atoms with Gasteiger partial charge in [-0.25, -0.2) is 0 Å². The third-order valence-electron chi connectivity index (χ3n) is 2.07. The van der Waals surface area contributed by atoms with E-state index in [1.807, 2.05) is 6.92 Å². The zero-order valence-electron chi connectivity index (χ0n) is 7.93. The van der Waals surface area contributed by atoms with Gasteiger partial charge < -0.3 is 5.11 Å². The molecule has 3 nitrogen and oxygen atoms in total. The van der Waals surface area contributed by atoms with E-state index >= 15 is 0 Å². The molecular formula is C9H18N2O. The van der Waals surface area contributed by atoms with Crippen molar-refractivity contribution in [1.82, 2.24) is 5.32 Å². The van der Waals surface area contributed by atoms with Crippen LogP contribution >= 0.6 is 0 Å². The molecule has 0 aromatic rings. The molecule has 2 N–H and O–H groups in total. The quantitative estimate of drug-likeness (QED) is 0.626. The highest BCUT2D eigenvalue weighted by Gasteiger charge is 2.25. The minimum atomic E-state index is -0.419. The predicted molar refractivity (Wildman–Crippen MR) is 48.6 cm³/mol. The number of aliphatic hydroxyl groups excluding tert-OH is 1. The summed E-state index contributed by atoms with van der Waals surface area (Å²) < 4.78 is 0. The molecule has 0 saturated heterocycles. The molecular weight excluding hydrogens is 152 g/mol. The van der Waals surface area contributed by atoms with Crippen molar-refractivity contribution in [2.75, 3.05) is 13.2 Å². The van der Waals surface area contributed by atoms with E-state index in [1.165, 1.54) is 0 Å². The molecule has 0 heterocycles. The van der Waals surface area contributed by atoms with Gasteiger partial charge in [0.2, 0.25) is 0 Å². The number of β-amino-alcohol motifs (C(OH)–C–C–N with tert-alkyl or cyclic N) is 1. The Kier molecular flexibility index (Phi) is 5.69. The molecule has 0 saturated carbocycles. The van der Waals surface area contributed by atoms with Gasteiger partial charge >= 0.3 is 0 Å². The maximum absolute atomic E-state index is 8.94. The zero-order valence-corrected chi connectivity index (χ0v) is 7.93. The molecule has 12 heavy (non-hydrogen) atoms. The van der Waals surface area contributed by atoms with Gasteiger partial charge in [-0.15, -0.1) is 0 Å². The first-order valence-electron chi connectivity index (χ1n) is 4.51. The average molecular weight is 170 g/mol. The van der Waals surface area contributed by atoms with Crippen molar-refractivity contribution in [3.05, 3.63) is 0 Å². The Morgan fingerprint density at radius 2 is 2.17 bits per heavy atom. The van der Waals surface area contributed by atoms with Gasteiger partial charge in [0.25, 0.3) is 0 Å². The van der Waals surface area contributed by atoms with Crippen LogP contribution in [0.4, 0.5) is 0 Å². The molecule has 0 aromatic carbocycles. The van der Waals surface area contributed by atoms with Crippen molar-refractivity contribution in [2.24, 2.45) is 0 Å². The summed E-state index contributed by atoms with van der Waals surface area (Å²) in [4.78, 5) is 0. The van der Waals surface area contributed by atoms with Crippen LogP contribution in [0.2, 0.25) is 0 Å². The highest BCUT2D eigenvalue weighted by atomic mass is 16.3. The van der Waals surface area contributed by atoms with E-state index in [4.69, 9.17) is 10.4 Å². The summed E-state index contributed by atoms with van der Waals surface area (Å²) in [6, 6.07) is 2.28. The number of hydrogen-bond donors (Lipinski definition) is 2. The first-order chi connectivity index (χ1) is 5.74. The number of rotatable bonds is 6. The van der Waals surface area contributed by atoms with Crippen LogP contribution in [0.3, 0.4) is 0 Å². The third kappa shape index (κ3) is 3.21. The molecule has 3 heteroatoms. The van der Waals surface area contributed by atoms with Gasteiger partial charge in [-0.2, -0.15) is 5.26 Å². The second kappa shape index (κ2) is 5.99. The summed E-state index contributed by atoms with van der Waals surface area (Å²) in [5.74, 6) is 0.